The molecule has 0 heterocycles. The molecule has 0 saturated carbocycles. The summed E-state index contributed by atoms with van der Waals surface area (Å²) < 4.78 is 45.3. The second-order valence-corrected chi connectivity index (χ2v) is 7.99. The van der Waals surface area contributed by atoms with Crippen molar-refractivity contribution in [2.45, 2.75) is 25.4 Å². The quantitative estimate of drug-likeness (QED) is 0.507. The molecular formula is C24H25F3N2O5. The number of ether oxygens (including phenoxy) is 1. The topological polar surface area (TPSA) is 105 Å². The number of rotatable bonds is 9. The van der Waals surface area contributed by atoms with E-state index < -0.39 is 49.1 Å². The van der Waals surface area contributed by atoms with E-state index in [4.69, 9.17) is 9.84 Å². The van der Waals surface area contributed by atoms with Gasteiger partial charge in [0.15, 0.2) is 5.92 Å². The summed E-state index contributed by atoms with van der Waals surface area (Å²) in [6, 6.07) is 15.2. The zero-order valence-corrected chi connectivity index (χ0v) is 18.4. The van der Waals surface area contributed by atoms with Gasteiger partial charge in [0.05, 0.1) is 5.92 Å². The Hall–Kier alpha value is -3.56. The Bertz CT molecular complexity index is 1010. The van der Waals surface area contributed by atoms with Crippen molar-refractivity contribution in [3.05, 3.63) is 59.7 Å². The third-order valence-electron chi connectivity index (χ3n) is 5.87. The molecule has 3 rings (SSSR count). The van der Waals surface area contributed by atoms with Crippen LogP contribution in [0.15, 0.2) is 48.5 Å². The molecule has 10 heteroatoms. The molecule has 182 valence electrons. The van der Waals surface area contributed by atoms with Crippen LogP contribution in [0.3, 0.4) is 0 Å². The zero-order chi connectivity index (χ0) is 24.9. The van der Waals surface area contributed by atoms with Gasteiger partial charge < -0.3 is 20.5 Å². The predicted octanol–water partition coefficient (Wildman–Crippen LogP) is 3.93. The van der Waals surface area contributed by atoms with Crippen LogP contribution in [0.25, 0.3) is 11.1 Å². The van der Waals surface area contributed by atoms with Gasteiger partial charge in [-0.05, 0) is 28.7 Å². The molecule has 34 heavy (non-hydrogen) atoms. The number of hydrogen-bond donors (Lipinski definition) is 3. The molecule has 0 bridgehead atoms. The van der Waals surface area contributed by atoms with Crippen LogP contribution in [-0.4, -0.2) is 48.9 Å². The van der Waals surface area contributed by atoms with E-state index in [1.807, 2.05) is 59.2 Å². The highest BCUT2D eigenvalue weighted by atomic mass is 19.4. The lowest BCUT2D eigenvalue weighted by atomic mass is 9.98. The van der Waals surface area contributed by atoms with Gasteiger partial charge >= 0.3 is 18.2 Å². The van der Waals surface area contributed by atoms with Gasteiger partial charge in [-0.1, -0.05) is 55.5 Å². The summed E-state index contributed by atoms with van der Waals surface area (Å²) in [5.41, 5.74) is 3.92. The van der Waals surface area contributed by atoms with Gasteiger partial charge in [-0.3, -0.25) is 9.59 Å². The fourth-order valence-corrected chi connectivity index (χ4v) is 3.95. The molecule has 0 spiro atoms. The van der Waals surface area contributed by atoms with E-state index in [-0.39, 0.29) is 18.9 Å². The number of nitrogens with one attached hydrogen (secondary N) is 2. The Labute approximate surface area is 194 Å². The van der Waals surface area contributed by atoms with Gasteiger partial charge in [0.1, 0.15) is 6.61 Å². The first-order valence-electron chi connectivity index (χ1n) is 10.8. The maximum Gasteiger partial charge on any atom is 0.407 e. The highest BCUT2D eigenvalue weighted by Gasteiger charge is 2.45. The number of carboxylic acids is 1. The van der Waals surface area contributed by atoms with Crippen LogP contribution < -0.4 is 10.6 Å². The van der Waals surface area contributed by atoms with Gasteiger partial charge in [0, 0.05) is 19.0 Å². The normalized spacial score (nSPS) is 14.5. The van der Waals surface area contributed by atoms with Crippen molar-refractivity contribution in [2.75, 3.05) is 19.7 Å². The van der Waals surface area contributed by atoms with E-state index in [1.54, 1.807) is 6.92 Å². The zero-order valence-electron chi connectivity index (χ0n) is 18.4. The molecule has 2 aromatic rings. The lowest BCUT2D eigenvalue weighted by Crippen LogP contribution is -2.47. The maximum absolute atomic E-state index is 13.4. The minimum Gasteiger partial charge on any atom is -0.481 e. The number of aliphatic carboxylic acids is 1. The molecule has 0 fully saturated rings. The second-order valence-electron chi connectivity index (χ2n) is 7.99. The number of benzene rings is 2. The van der Waals surface area contributed by atoms with E-state index >= 15 is 0 Å². The summed E-state index contributed by atoms with van der Waals surface area (Å²) in [6.45, 7) is -0.0114. The van der Waals surface area contributed by atoms with Crippen LogP contribution in [0.1, 0.15) is 30.4 Å². The number of alkyl carbamates (subject to hydrolysis) is 1. The van der Waals surface area contributed by atoms with Crippen molar-refractivity contribution in [3.8, 4) is 11.1 Å². The summed E-state index contributed by atoms with van der Waals surface area (Å²) >= 11 is 0. The SMILES string of the molecule is CCC(CNC(=O)C(CNC(=O)OCC1c2ccccc2-c2ccccc21)C(F)(F)F)C(=O)O. The summed E-state index contributed by atoms with van der Waals surface area (Å²) in [4.78, 5) is 35.3. The number of carbonyl (C=O) groups is 3. The lowest BCUT2D eigenvalue weighted by Gasteiger charge is -2.21. The molecule has 2 unspecified atom stereocenters. The fourth-order valence-electron chi connectivity index (χ4n) is 3.95. The number of fused-ring (bicyclic) bond motifs is 3. The Balaban J connectivity index is 1.58. The van der Waals surface area contributed by atoms with Gasteiger partial charge in [0.2, 0.25) is 5.91 Å². The summed E-state index contributed by atoms with van der Waals surface area (Å²) in [7, 11) is 0. The highest BCUT2D eigenvalue weighted by molar-refractivity contribution is 5.81. The van der Waals surface area contributed by atoms with Crippen LogP contribution >= 0.6 is 0 Å². The number of hydrogen-bond acceptors (Lipinski definition) is 4. The van der Waals surface area contributed by atoms with E-state index in [0.29, 0.717) is 0 Å². The molecular weight excluding hydrogens is 453 g/mol. The lowest BCUT2D eigenvalue weighted by molar-refractivity contribution is -0.181. The van der Waals surface area contributed by atoms with Crippen molar-refractivity contribution < 1.29 is 37.4 Å². The van der Waals surface area contributed by atoms with Gasteiger partial charge in [0.25, 0.3) is 0 Å². The smallest absolute Gasteiger partial charge is 0.407 e. The van der Waals surface area contributed by atoms with E-state index in [1.165, 1.54) is 0 Å². The molecule has 0 saturated heterocycles. The number of amides is 2. The Kier molecular flexibility index (Phi) is 7.80. The molecule has 0 aromatic heterocycles. The van der Waals surface area contributed by atoms with Gasteiger partial charge in [-0.25, -0.2) is 4.79 Å². The minimum atomic E-state index is -4.94. The maximum atomic E-state index is 13.4. The average molecular weight is 478 g/mol. The number of halogens is 3. The molecule has 1 aliphatic rings. The van der Waals surface area contributed by atoms with Crippen molar-refractivity contribution >= 4 is 18.0 Å². The summed E-state index contributed by atoms with van der Waals surface area (Å²) in [5, 5.41) is 13.0. The van der Waals surface area contributed by atoms with Crippen LogP contribution in [0.5, 0.6) is 0 Å². The van der Waals surface area contributed by atoms with E-state index in [9.17, 15) is 27.6 Å². The van der Waals surface area contributed by atoms with E-state index in [0.717, 1.165) is 22.3 Å². The first kappa shape index (κ1) is 25.1. The monoisotopic (exact) mass is 478 g/mol. The summed E-state index contributed by atoms with van der Waals surface area (Å²) in [6.07, 6.45) is -5.88. The third kappa shape index (κ3) is 5.67. The number of carboxylic acid groups (broad SMARTS) is 1. The third-order valence-corrected chi connectivity index (χ3v) is 5.87. The van der Waals surface area contributed by atoms with E-state index in [2.05, 4.69) is 0 Å². The van der Waals surface area contributed by atoms with Crippen molar-refractivity contribution in [3.63, 3.8) is 0 Å². The predicted molar refractivity (Wildman–Crippen MR) is 117 cm³/mol. The van der Waals surface area contributed by atoms with Crippen LogP contribution in [0.4, 0.5) is 18.0 Å². The molecule has 2 atom stereocenters. The highest BCUT2D eigenvalue weighted by Crippen LogP contribution is 2.44. The molecule has 3 N–H and O–H groups in total. The van der Waals surface area contributed by atoms with Crippen LogP contribution in [-0.2, 0) is 14.3 Å². The first-order valence-corrected chi connectivity index (χ1v) is 10.8. The summed E-state index contributed by atoms with van der Waals surface area (Å²) in [5.74, 6) is -6.44. The van der Waals surface area contributed by atoms with Crippen LogP contribution in [0, 0.1) is 11.8 Å². The Morgan fingerprint density at radius 1 is 0.971 bits per heavy atom. The van der Waals surface area contributed by atoms with Gasteiger partial charge in [-0.2, -0.15) is 13.2 Å². The van der Waals surface area contributed by atoms with Crippen molar-refractivity contribution in [2.24, 2.45) is 11.8 Å². The minimum absolute atomic E-state index is 0.0838. The Morgan fingerprint density at radius 2 is 1.53 bits per heavy atom. The second kappa shape index (κ2) is 10.6. The number of alkyl halides is 3. The standard InChI is InChI=1S/C24H25F3N2O5/c1-2-14(22(31)32)11-28-21(30)20(24(25,26)27)12-29-23(33)34-13-19-17-9-5-3-7-15(17)16-8-4-6-10-18(16)19/h3-10,14,19-20H,2,11-13H2,1H3,(H,28,30)(H,29,33)(H,31,32). The first-order chi connectivity index (χ1) is 16.1. The molecule has 2 amide bonds. The average Bonchev–Trinajstić information content (AvgIpc) is 3.11. The van der Waals surface area contributed by atoms with Crippen molar-refractivity contribution in [1.82, 2.24) is 10.6 Å². The number of carbonyl (C=O) groups excluding carboxylic acids is 2. The molecule has 7 nitrogen and oxygen atoms in total. The molecule has 2 aromatic carbocycles. The molecule has 0 radical (unpaired) electrons. The largest absolute Gasteiger partial charge is 0.481 e. The molecule has 1 aliphatic carbocycles. The fraction of sp³-hybridized carbons (Fsp3) is 0.375. The Morgan fingerprint density at radius 3 is 2.03 bits per heavy atom. The van der Waals surface area contributed by atoms with Crippen molar-refractivity contribution in [1.29, 1.82) is 0 Å². The molecule has 0 aliphatic heterocycles. The van der Waals surface area contributed by atoms with Crippen LogP contribution in [0.2, 0.25) is 0 Å². The van der Waals surface area contributed by atoms with Gasteiger partial charge in [-0.15, -0.1) is 0 Å².